The van der Waals surface area contributed by atoms with Gasteiger partial charge < -0.3 is 15.3 Å². The van der Waals surface area contributed by atoms with Gasteiger partial charge in [-0.15, -0.1) is 0 Å². The first-order chi connectivity index (χ1) is 11.0. The van der Waals surface area contributed by atoms with Crippen molar-refractivity contribution in [1.82, 2.24) is 0 Å². The van der Waals surface area contributed by atoms with Gasteiger partial charge in [0.2, 0.25) is 0 Å². The first-order valence-corrected chi connectivity index (χ1v) is 8.39. The number of aliphatic carboxylic acids is 1. The summed E-state index contributed by atoms with van der Waals surface area (Å²) in [4.78, 5) is 22.4. The third kappa shape index (κ3) is 7.10. The van der Waals surface area contributed by atoms with E-state index in [9.17, 15) is 19.8 Å². The Bertz CT molecular complexity index is 441. The van der Waals surface area contributed by atoms with Crippen molar-refractivity contribution >= 4 is 11.8 Å². The quantitative estimate of drug-likeness (QED) is 0.424. The zero-order valence-electron chi connectivity index (χ0n) is 13.7. The van der Waals surface area contributed by atoms with Crippen molar-refractivity contribution in [2.24, 2.45) is 11.8 Å². The second kappa shape index (κ2) is 10.3. The highest BCUT2D eigenvalue weighted by atomic mass is 16.4. The van der Waals surface area contributed by atoms with Crippen molar-refractivity contribution in [3.63, 3.8) is 0 Å². The summed E-state index contributed by atoms with van der Waals surface area (Å²) in [5.41, 5.74) is 0. The number of ketones is 1. The van der Waals surface area contributed by atoms with Crippen LogP contribution in [0.2, 0.25) is 0 Å². The number of carbonyl (C=O) groups excluding carboxylic acids is 1. The molecule has 5 nitrogen and oxygen atoms in total. The third-order valence-corrected chi connectivity index (χ3v) is 4.28. The fourth-order valence-electron chi connectivity index (χ4n) is 2.82. The number of hydrogen-bond acceptors (Lipinski definition) is 4. The number of carboxylic acid groups (broad SMARTS) is 1. The first-order valence-electron chi connectivity index (χ1n) is 8.39. The van der Waals surface area contributed by atoms with Gasteiger partial charge in [-0.2, -0.15) is 0 Å². The molecule has 0 spiro atoms. The molecule has 1 aliphatic carbocycles. The van der Waals surface area contributed by atoms with E-state index in [0.717, 1.165) is 12.8 Å². The maximum absolute atomic E-state index is 12.0. The van der Waals surface area contributed by atoms with E-state index in [1.165, 1.54) is 0 Å². The van der Waals surface area contributed by atoms with Crippen molar-refractivity contribution < 1.29 is 24.9 Å². The number of allylic oxidation sites excluding steroid dienone is 3. The fraction of sp³-hybridized carbons (Fsp3) is 0.667. The highest BCUT2D eigenvalue weighted by molar-refractivity contribution is 5.86. The van der Waals surface area contributed by atoms with Gasteiger partial charge in [0, 0.05) is 24.7 Å². The highest BCUT2D eigenvalue weighted by Gasteiger charge is 2.39. The molecule has 3 N–H and O–H groups in total. The lowest BCUT2D eigenvalue weighted by Gasteiger charge is -2.16. The predicted molar refractivity (Wildman–Crippen MR) is 87.9 cm³/mol. The largest absolute Gasteiger partial charge is 0.481 e. The highest BCUT2D eigenvalue weighted by Crippen LogP contribution is 2.33. The molecule has 1 rings (SSSR count). The molecule has 0 bridgehead atoms. The molecule has 130 valence electrons. The molecule has 1 saturated carbocycles. The summed E-state index contributed by atoms with van der Waals surface area (Å²) in [5.74, 6) is -1.22. The van der Waals surface area contributed by atoms with E-state index >= 15 is 0 Å². The summed E-state index contributed by atoms with van der Waals surface area (Å²) in [6.45, 7) is 1.87. The standard InChI is InChI=1S/C18H28O5/c1-2-13(19)10-11-15-14(16(20)12-17(15)21)8-6-4-3-5-7-9-18(22)23/h4,6,10-11,13-16,19-20H,2-3,5,7-9,12H2,1H3,(H,22,23)/b6-4-,11-10+/t13-,14+,15-,16-/m0/s1. The van der Waals surface area contributed by atoms with Gasteiger partial charge in [-0.05, 0) is 32.1 Å². The van der Waals surface area contributed by atoms with E-state index in [4.69, 9.17) is 5.11 Å². The number of aliphatic hydroxyl groups is 2. The Hall–Kier alpha value is -1.46. The van der Waals surface area contributed by atoms with Crippen molar-refractivity contribution in [3.05, 3.63) is 24.3 Å². The second-order valence-corrected chi connectivity index (χ2v) is 6.13. The Morgan fingerprint density at radius 1 is 1.35 bits per heavy atom. The Balaban J connectivity index is 2.43. The molecule has 0 unspecified atom stereocenters. The number of carboxylic acids is 1. The number of rotatable bonds is 10. The van der Waals surface area contributed by atoms with E-state index in [1.54, 1.807) is 12.2 Å². The number of carbonyl (C=O) groups is 2. The summed E-state index contributed by atoms with van der Waals surface area (Å²) >= 11 is 0. The summed E-state index contributed by atoms with van der Waals surface area (Å²) in [5, 5.41) is 28.2. The van der Waals surface area contributed by atoms with Crippen LogP contribution in [0.25, 0.3) is 0 Å². The van der Waals surface area contributed by atoms with E-state index < -0.39 is 18.2 Å². The zero-order valence-corrected chi connectivity index (χ0v) is 13.7. The third-order valence-electron chi connectivity index (χ3n) is 4.28. The molecular formula is C18H28O5. The van der Waals surface area contributed by atoms with Crippen molar-refractivity contribution in [3.8, 4) is 0 Å². The molecule has 0 aromatic heterocycles. The van der Waals surface area contributed by atoms with Gasteiger partial charge in [-0.1, -0.05) is 31.2 Å². The summed E-state index contributed by atoms with van der Waals surface area (Å²) in [7, 11) is 0. The maximum atomic E-state index is 12.0. The molecule has 4 atom stereocenters. The normalized spacial score (nSPS) is 26.4. The summed E-state index contributed by atoms with van der Waals surface area (Å²) in [6, 6.07) is 0. The Kier molecular flexibility index (Phi) is 8.81. The van der Waals surface area contributed by atoms with E-state index in [-0.39, 0.29) is 30.5 Å². The van der Waals surface area contributed by atoms with Crippen LogP contribution in [-0.2, 0) is 9.59 Å². The average molecular weight is 324 g/mol. The Labute approximate surface area is 137 Å². The fourth-order valence-corrected chi connectivity index (χ4v) is 2.82. The van der Waals surface area contributed by atoms with E-state index in [1.807, 2.05) is 19.1 Å². The molecule has 0 radical (unpaired) electrons. The lowest BCUT2D eigenvalue weighted by molar-refractivity contribution is -0.137. The monoisotopic (exact) mass is 324 g/mol. The molecule has 0 amide bonds. The maximum Gasteiger partial charge on any atom is 0.303 e. The zero-order chi connectivity index (χ0) is 17.2. The molecule has 23 heavy (non-hydrogen) atoms. The van der Waals surface area contributed by atoms with E-state index in [0.29, 0.717) is 19.3 Å². The first kappa shape index (κ1) is 19.6. The second-order valence-electron chi connectivity index (χ2n) is 6.13. The molecule has 1 fully saturated rings. The van der Waals surface area contributed by atoms with Crippen molar-refractivity contribution in [2.45, 2.75) is 64.1 Å². The van der Waals surface area contributed by atoms with Crippen molar-refractivity contribution in [1.29, 1.82) is 0 Å². The van der Waals surface area contributed by atoms with Gasteiger partial charge in [0.1, 0.15) is 5.78 Å². The lowest BCUT2D eigenvalue weighted by atomic mass is 9.90. The molecule has 5 heteroatoms. The van der Waals surface area contributed by atoms with Crippen LogP contribution in [0.1, 0.15) is 51.9 Å². The topological polar surface area (TPSA) is 94.8 Å². The van der Waals surface area contributed by atoms with Crippen LogP contribution in [0.3, 0.4) is 0 Å². The smallest absolute Gasteiger partial charge is 0.303 e. The summed E-state index contributed by atoms with van der Waals surface area (Å²) in [6.07, 6.45) is 10.0. The Morgan fingerprint density at radius 3 is 2.74 bits per heavy atom. The molecule has 0 aromatic rings. The van der Waals surface area contributed by atoms with Gasteiger partial charge in [0.15, 0.2) is 0 Å². The molecule has 1 aliphatic rings. The predicted octanol–water partition coefficient (Wildman–Crippen LogP) is 2.47. The SMILES string of the molecule is CC[C@H](O)/C=C/[C@@H]1C(=O)C[C@H](O)[C@@H]1C/C=C\CCCCC(=O)O. The number of aliphatic hydroxyl groups excluding tert-OH is 2. The van der Waals surface area contributed by atoms with Crippen LogP contribution in [0, 0.1) is 11.8 Å². The van der Waals surface area contributed by atoms with Gasteiger partial charge in [-0.3, -0.25) is 9.59 Å². The van der Waals surface area contributed by atoms with Crippen LogP contribution in [-0.4, -0.2) is 39.3 Å². The van der Waals surface area contributed by atoms with Crippen LogP contribution in [0.4, 0.5) is 0 Å². The van der Waals surface area contributed by atoms with Gasteiger partial charge >= 0.3 is 5.97 Å². The number of Topliss-reactive ketones (excluding diaryl/α,β-unsaturated/α-hetero) is 1. The van der Waals surface area contributed by atoms with E-state index in [2.05, 4.69) is 0 Å². The van der Waals surface area contributed by atoms with Crippen LogP contribution >= 0.6 is 0 Å². The lowest BCUT2D eigenvalue weighted by Crippen LogP contribution is -2.19. The van der Waals surface area contributed by atoms with Crippen LogP contribution in [0.5, 0.6) is 0 Å². The van der Waals surface area contributed by atoms with Gasteiger partial charge in [0.25, 0.3) is 0 Å². The molecule has 0 heterocycles. The molecule has 0 aliphatic heterocycles. The minimum atomic E-state index is -0.773. The minimum Gasteiger partial charge on any atom is -0.481 e. The van der Waals surface area contributed by atoms with Gasteiger partial charge in [-0.25, -0.2) is 0 Å². The average Bonchev–Trinajstić information content (AvgIpc) is 2.77. The number of unbranched alkanes of at least 4 members (excludes halogenated alkanes) is 2. The van der Waals surface area contributed by atoms with Crippen LogP contribution in [0.15, 0.2) is 24.3 Å². The summed E-state index contributed by atoms with van der Waals surface area (Å²) < 4.78 is 0. The Morgan fingerprint density at radius 2 is 2.09 bits per heavy atom. The van der Waals surface area contributed by atoms with Crippen LogP contribution < -0.4 is 0 Å². The molecular weight excluding hydrogens is 296 g/mol. The minimum absolute atomic E-state index is 0.0249. The molecule has 0 aromatic carbocycles. The molecule has 0 saturated heterocycles. The van der Waals surface area contributed by atoms with Crippen molar-refractivity contribution in [2.75, 3.05) is 0 Å². The van der Waals surface area contributed by atoms with Gasteiger partial charge in [0.05, 0.1) is 12.2 Å². The number of hydrogen-bond donors (Lipinski definition) is 3.